The van der Waals surface area contributed by atoms with Crippen molar-refractivity contribution in [1.82, 2.24) is 4.90 Å². The molecule has 2 aliphatic heterocycles. The van der Waals surface area contributed by atoms with Gasteiger partial charge < -0.3 is 19.5 Å². The molecule has 2 aromatic carbocycles. The Balaban J connectivity index is 1.80. The van der Waals surface area contributed by atoms with Gasteiger partial charge in [-0.05, 0) is 54.8 Å². The molecule has 2 heterocycles. The van der Waals surface area contributed by atoms with Crippen molar-refractivity contribution in [2.45, 2.75) is 25.0 Å². The Hall–Kier alpha value is -2.64. The zero-order chi connectivity index (χ0) is 21.3. The minimum Gasteiger partial charge on any atom is -0.507 e. The molecule has 0 aromatic heterocycles. The van der Waals surface area contributed by atoms with Crippen molar-refractivity contribution < 1.29 is 24.2 Å². The maximum atomic E-state index is 13.0. The second-order valence-corrected chi connectivity index (χ2v) is 8.28. The highest BCUT2D eigenvalue weighted by atomic mass is 79.9. The van der Waals surface area contributed by atoms with E-state index in [0.29, 0.717) is 24.5 Å². The number of carbonyl (C=O) groups excluding carboxylic acids is 2. The number of carbonyl (C=O) groups is 2. The minimum absolute atomic E-state index is 0.0884. The molecule has 4 rings (SSSR count). The number of hydrogen-bond donors (Lipinski definition) is 1. The largest absolute Gasteiger partial charge is 0.507 e. The van der Waals surface area contributed by atoms with Gasteiger partial charge >= 0.3 is 0 Å². The van der Waals surface area contributed by atoms with E-state index in [2.05, 4.69) is 15.9 Å². The highest BCUT2D eigenvalue weighted by Crippen LogP contribution is 2.40. The van der Waals surface area contributed by atoms with Crippen LogP contribution in [0.4, 0.5) is 0 Å². The predicted molar refractivity (Wildman–Crippen MR) is 115 cm³/mol. The van der Waals surface area contributed by atoms with E-state index in [1.165, 1.54) is 4.90 Å². The number of likely N-dealkylation sites (tertiary alicyclic amines) is 1. The molecular weight excluding hydrogens is 450 g/mol. The molecule has 2 atom stereocenters. The fourth-order valence-electron chi connectivity index (χ4n) is 3.97. The SMILES string of the molecule is COc1ccc(/C(O)=C2\C(=O)C(=O)N(CC3CCCO3)C2c2ccc(Br)cc2)cc1. The summed E-state index contributed by atoms with van der Waals surface area (Å²) in [5.41, 5.74) is 1.30. The third-order valence-corrected chi connectivity index (χ3v) is 6.04. The highest BCUT2D eigenvalue weighted by Gasteiger charge is 2.47. The van der Waals surface area contributed by atoms with Gasteiger partial charge in [0.2, 0.25) is 0 Å². The van der Waals surface area contributed by atoms with Crippen molar-refractivity contribution in [3.05, 3.63) is 69.7 Å². The van der Waals surface area contributed by atoms with E-state index in [1.54, 1.807) is 31.4 Å². The van der Waals surface area contributed by atoms with Crippen molar-refractivity contribution in [2.24, 2.45) is 0 Å². The molecule has 6 nitrogen and oxygen atoms in total. The first-order valence-corrected chi connectivity index (χ1v) is 10.6. The summed E-state index contributed by atoms with van der Waals surface area (Å²) in [6.07, 6.45) is 1.67. The van der Waals surface area contributed by atoms with Crippen LogP contribution in [-0.4, -0.2) is 48.1 Å². The topological polar surface area (TPSA) is 76.1 Å². The number of nitrogens with zero attached hydrogens (tertiary/aromatic N) is 1. The van der Waals surface area contributed by atoms with E-state index in [-0.39, 0.29) is 17.4 Å². The van der Waals surface area contributed by atoms with Gasteiger partial charge in [0.25, 0.3) is 11.7 Å². The summed E-state index contributed by atoms with van der Waals surface area (Å²) in [6, 6.07) is 13.5. The van der Waals surface area contributed by atoms with Crippen LogP contribution in [0.5, 0.6) is 5.75 Å². The van der Waals surface area contributed by atoms with Gasteiger partial charge in [0.05, 0.1) is 24.8 Å². The molecule has 2 fully saturated rings. The number of ether oxygens (including phenoxy) is 2. The molecule has 0 bridgehead atoms. The van der Waals surface area contributed by atoms with Crippen LogP contribution in [0.25, 0.3) is 5.76 Å². The number of aliphatic hydroxyl groups excluding tert-OH is 1. The van der Waals surface area contributed by atoms with Crippen LogP contribution in [0.1, 0.15) is 30.0 Å². The fraction of sp³-hybridized carbons (Fsp3) is 0.304. The van der Waals surface area contributed by atoms with Crippen molar-refractivity contribution >= 4 is 33.4 Å². The van der Waals surface area contributed by atoms with Crippen molar-refractivity contribution in [3.8, 4) is 5.75 Å². The van der Waals surface area contributed by atoms with E-state index in [9.17, 15) is 14.7 Å². The number of aliphatic hydroxyl groups is 1. The Bertz CT molecular complexity index is 978. The number of benzene rings is 2. The van der Waals surface area contributed by atoms with Crippen molar-refractivity contribution in [2.75, 3.05) is 20.3 Å². The molecule has 1 amide bonds. The first kappa shape index (κ1) is 20.6. The lowest BCUT2D eigenvalue weighted by Crippen LogP contribution is -2.36. The number of hydrogen-bond acceptors (Lipinski definition) is 5. The second kappa shape index (κ2) is 8.62. The number of methoxy groups -OCH3 is 1. The fourth-order valence-corrected chi connectivity index (χ4v) is 4.24. The molecule has 0 spiro atoms. The normalized spacial score (nSPS) is 23.2. The van der Waals surface area contributed by atoms with E-state index in [0.717, 1.165) is 22.9 Å². The van der Waals surface area contributed by atoms with E-state index < -0.39 is 17.7 Å². The molecule has 156 valence electrons. The highest BCUT2D eigenvalue weighted by molar-refractivity contribution is 9.10. The third kappa shape index (κ3) is 3.87. The average molecular weight is 472 g/mol. The van der Waals surface area contributed by atoms with Crippen LogP contribution in [-0.2, 0) is 14.3 Å². The summed E-state index contributed by atoms with van der Waals surface area (Å²) in [5.74, 6) is -0.865. The van der Waals surface area contributed by atoms with Gasteiger partial charge in [0, 0.05) is 23.2 Å². The van der Waals surface area contributed by atoms with Gasteiger partial charge in [-0.25, -0.2) is 0 Å². The predicted octanol–water partition coefficient (Wildman–Crippen LogP) is 4.06. The number of Topliss-reactive ketones (excluding diaryl/α,β-unsaturated/α-hetero) is 1. The monoisotopic (exact) mass is 471 g/mol. The zero-order valence-electron chi connectivity index (χ0n) is 16.5. The van der Waals surface area contributed by atoms with Gasteiger partial charge in [-0.1, -0.05) is 28.1 Å². The Morgan fingerprint density at radius 1 is 1.17 bits per heavy atom. The average Bonchev–Trinajstić information content (AvgIpc) is 3.36. The Morgan fingerprint density at radius 2 is 1.87 bits per heavy atom. The van der Waals surface area contributed by atoms with Gasteiger partial charge in [-0.2, -0.15) is 0 Å². The molecule has 1 N–H and O–H groups in total. The smallest absolute Gasteiger partial charge is 0.295 e. The molecule has 30 heavy (non-hydrogen) atoms. The van der Waals surface area contributed by atoms with Crippen LogP contribution >= 0.6 is 15.9 Å². The first-order valence-electron chi connectivity index (χ1n) is 9.79. The lowest BCUT2D eigenvalue weighted by atomic mass is 9.95. The maximum absolute atomic E-state index is 13.0. The van der Waals surface area contributed by atoms with Crippen molar-refractivity contribution in [3.63, 3.8) is 0 Å². The second-order valence-electron chi connectivity index (χ2n) is 7.37. The molecule has 2 aliphatic rings. The molecule has 0 aliphatic carbocycles. The molecule has 7 heteroatoms. The third-order valence-electron chi connectivity index (χ3n) is 5.51. The zero-order valence-corrected chi connectivity index (χ0v) is 18.1. The summed E-state index contributed by atoms with van der Waals surface area (Å²) in [6.45, 7) is 0.966. The summed E-state index contributed by atoms with van der Waals surface area (Å²) in [4.78, 5) is 27.5. The van der Waals surface area contributed by atoms with Crippen molar-refractivity contribution in [1.29, 1.82) is 0 Å². The number of ketones is 1. The lowest BCUT2D eigenvalue weighted by Gasteiger charge is -2.27. The first-order chi connectivity index (χ1) is 14.5. The molecule has 0 radical (unpaired) electrons. The molecule has 2 unspecified atom stereocenters. The Morgan fingerprint density at radius 3 is 2.47 bits per heavy atom. The summed E-state index contributed by atoms with van der Waals surface area (Å²) < 4.78 is 11.7. The Kier molecular flexibility index (Phi) is 5.92. The van der Waals surface area contributed by atoms with E-state index in [4.69, 9.17) is 9.47 Å². The van der Waals surface area contributed by atoms with Crippen LogP contribution in [0.15, 0.2) is 58.6 Å². The van der Waals surface area contributed by atoms with Gasteiger partial charge in [-0.15, -0.1) is 0 Å². The number of rotatable bonds is 5. The molecule has 2 aromatic rings. The Labute approximate surface area is 183 Å². The molecule has 2 saturated heterocycles. The summed E-state index contributed by atoms with van der Waals surface area (Å²) in [5, 5.41) is 11.0. The molecule has 0 saturated carbocycles. The van der Waals surface area contributed by atoms with Gasteiger partial charge in [0.1, 0.15) is 11.5 Å². The minimum atomic E-state index is -0.686. The van der Waals surface area contributed by atoms with Gasteiger partial charge in [-0.3, -0.25) is 9.59 Å². The van der Waals surface area contributed by atoms with Crippen LogP contribution in [0, 0.1) is 0 Å². The van der Waals surface area contributed by atoms with E-state index in [1.807, 2.05) is 24.3 Å². The summed E-state index contributed by atoms with van der Waals surface area (Å²) >= 11 is 3.42. The van der Waals surface area contributed by atoms with Crippen LogP contribution in [0.2, 0.25) is 0 Å². The van der Waals surface area contributed by atoms with Crippen LogP contribution in [0.3, 0.4) is 0 Å². The quantitative estimate of drug-likeness (QED) is 0.404. The lowest BCUT2D eigenvalue weighted by molar-refractivity contribution is -0.140. The standard InChI is InChI=1S/C23H22BrNO5/c1-29-17-10-6-15(7-11-17)21(26)19-20(14-4-8-16(24)9-5-14)25(23(28)22(19)27)13-18-3-2-12-30-18/h4-11,18,20,26H,2-3,12-13H2,1H3/b21-19+. The number of amides is 1. The summed E-state index contributed by atoms with van der Waals surface area (Å²) in [7, 11) is 1.55. The van der Waals surface area contributed by atoms with Crippen LogP contribution < -0.4 is 4.74 Å². The van der Waals surface area contributed by atoms with Gasteiger partial charge in [0.15, 0.2) is 0 Å². The number of halogens is 1. The van der Waals surface area contributed by atoms with E-state index >= 15 is 0 Å². The maximum Gasteiger partial charge on any atom is 0.295 e. The molecular formula is C23H22BrNO5.